The van der Waals surface area contributed by atoms with Crippen molar-refractivity contribution < 1.29 is 55.8 Å². The van der Waals surface area contributed by atoms with Crippen molar-refractivity contribution in [1.82, 2.24) is 4.98 Å². The quantitative estimate of drug-likeness (QED) is 0.354. The van der Waals surface area contributed by atoms with Gasteiger partial charge in [0.05, 0.1) is 11.4 Å². The van der Waals surface area contributed by atoms with Crippen LogP contribution in [0.5, 0.6) is 0 Å². The molecule has 3 heterocycles. The summed E-state index contributed by atoms with van der Waals surface area (Å²) >= 11 is 0. The van der Waals surface area contributed by atoms with Crippen LogP contribution in [-0.2, 0) is 18.6 Å². The van der Waals surface area contributed by atoms with Crippen LogP contribution in [0.25, 0.3) is 0 Å². The second-order valence-electron chi connectivity index (χ2n) is 10.2. The van der Waals surface area contributed by atoms with Gasteiger partial charge in [-0.25, -0.2) is 15.0 Å². The summed E-state index contributed by atoms with van der Waals surface area (Å²) in [5, 5.41) is 0. The number of nitrogens with zero attached hydrogens (tertiary/aromatic N) is 5. The molecule has 9 heteroatoms. The summed E-state index contributed by atoms with van der Waals surface area (Å²) in [5.41, 5.74) is 6.51. The van der Waals surface area contributed by atoms with Gasteiger partial charge in [0, 0.05) is 18.6 Å². The summed E-state index contributed by atoms with van der Waals surface area (Å²) in [6, 6.07) is 6.02. The Kier molecular flexibility index (Phi) is 10.6. The summed E-state index contributed by atoms with van der Waals surface area (Å²) in [7, 11) is 0. The molecule has 2 unspecified atom stereocenters. The number of halogens is 3. The average Bonchev–Trinajstić information content (AvgIpc) is 3.69. The smallest absolute Gasteiger partial charge is 0.174 e. The molecule has 1 aromatic heterocycles. The summed E-state index contributed by atoms with van der Waals surface area (Å²) in [6.07, 6.45) is 24.0. The molecule has 2 atom stereocenters. The summed E-state index contributed by atoms with van der Waals surface area (Å²) in [6.45, 7) is 0. The van der Waals surface area contributed by atoms with Crippen LogP contribution in [0, 0.1) is 11.8 Å². The number of hydrogen-bond donors (Lipinski definition) is 0. The molecule has 0 bridgehead atoms. The SMILES string of the molecule is C1=CC2N=C(c3cccc(C4=NC5C=CC(C6CCCC6)=CC5=N4)n3)N=C2C=C1C1CCCC1.[Cl-].[Cl-].[Cl-].[V]. The second kappa shape index (κ2) is 13.1. The number of aromatic nitrogens is 1. The Labute approximate surface area is 255 Å². The van der Waals surface area contributed by atoms with E-state index in [2.05, 4.69) is 36.5 Å². The topological polar surface area (TPSA) is 62.3 Å². The van der Waals surface area contributed by atoms with E-state index in [1.807, 2.05) is 18.2 Å². The Morgan fingerprint density at radius 3 is 1.45 bits per heavy atom. The van der Waals surface area contributed by atoms with Crippen LogP contribution in [0.2, 0.25) is 0 Å². The number of amidine groups is 2. The van der Waals surface area contributed by atoms with E-state index in [0.29, 0.717) is 23.5 Å². The molecule has 1 radical (unpaired) electrons. The molecule has 1 aromatic rings. The molecule has 0 aromatic carbocycles. The molecule has 7 rings (SSSR count). The fourth-order valence-corrected chi connectivity index (χ4v) is 6.15. The van der Waals surface area contributed by atoms with Crippen LogP contribution >= 0.6 is 0 Å². The number of aliphatic imine (C=N–C) groups is 4. The molecule has 4 aliphatic carbocycles. The van der Waals surface area contributed by atoms with Crippen molar-refractivity contribution in [3.63, 3.8) is 0 Å². The number of pyridine rings is 1. The maximum atomic E-state index is 4.88. The van der Waals surface area contributed by atoms with Gasteiger partial charge in [-0.2, -0.15) is 0 Å². The van der Waals surface area contributed by atoms with Gasteiger partial charge in [-0.3, -0.25) is 9.98 Å². The molecule has 199 valence electrons. The predicted molar refractivity (Wildman–Crippen MR) is 138 cm³/mol. The molecule has 5 nitrogen and oxygen atoms in total. The zero-order valence-corrected chi connectivity index (χ0v) is 24.6. The van der Waals surface area contributed by atoms with Gasteiger partial charge in [-0.15, -0.1) is 0 Å². The Morgan fingerprint density at radius 2 is 1.03 bits per heavy atom. The largest absolute Gasteiger partial charge is 1.00 e. The van der Waals surface area contributed by atoms with E-state index in [1.54, 1.807) is 0 Å². The van der Waals surface area contributed by atoms with Crippen molar-refractivity contribution in [3.05, 3.63) is 77.2 Å². The van der Waals surface area contributed by atoms with Gasteiger partial charge >= 0.3 is 0 Å². The first kappa shape index (κ1) is 30.8. The van der Waals surface area contributed by atoms with Crippen LogP contribution in [0.15, 0.2) is 85.8 Å². The third kappa shape index (κ3) is 5.88. The zero-order chi connectivity index (χ0) is 22.5. The Morgan fingerprint density at radius 1 is 0.605 bits per heavy atom. The van der Waals surface area contributed by atoms with Gasteiger partial charge in [-0.05, 0) is 73.0 Å². The number of hydrogen-bond acceptors (Lipinski definition) is 5. The van der Waals surface area contributed by atoms with Crippen LogP contribution in [0.1, 0.15) is 62.8 Å². The van der Waals surface area contributed by atoms with Crippen LogP contribution in [0.4, 0.5) is 0 Å². The van der Waals surface area contributed by atoms with E-state index in [4.69, 9.17) is 25.0 Å². The van der Waals surface area contributed by atoms with E-state index in [9.17, 15) is 0 Å². The van der Waals surface area contributed by atoms with Crippen molar-refractivity contribution in [2.75, 3.05) is 0 Å². The fraction of sp³-hybridized carbons (Fsp3) is 0.414. The first-order chi connectivity index (χ1) is 16.8. The monoisotopic (exact) mass is 603 g/mol. The summed E-state index contributed by atoms with van der Waals surface area (Å²) in [4.78, 5) is 24.3. The molecular weight excluding hydrogens is 576 g/mol. The molecule has 38 heavy (non-hydrogen) atoms. The van der Waals surface area contributed by atoms with E-state index < -0.39 is 0 Å². The predicted octanol–water partition coefficient (Wildman–Crippen LogP) is -3.40. The summed E-state index contributed by atoms with van der Waals surface area (Å²) in [5.74, 6) is 2.79. The maximum Gasteiger partial charge on any atom is 0.174 e. The Balaban J connectivity index is 0.000001000. The van der Waals surface area contributed by atoms with Gasteiger partial charge in [-0.1, -0.05) is 56.1 Å². The minimum atomic E-state index is 0. The molecule has 0 amide bonds. The van der Waals surface area contributed by atoms with E-state index in [1.165, 1.54) is 62.5 Å². The van der Waals surface area contributed by atoms with Crippen molar-refractivity contribution >= 4 is 23.1 Å². The third-order valence-corrected chi connectivity index (χ3v) is 8.03. The Bertz CT molecular complexity index is 1200. The number of allylic oxidation sites excluding steroid dienone is 4. The fourth-order valence-electron chi connectivity index (χ4n) is 6.15. The van der Waals surface area contributed by atoms with Gasteiger partial charge in [0.15, 0.2) is 11.7 Å². The second-order valence-corrected chi connectivity index (χ2v) is 10.2. The molecule has 0 spiro atoms. The van der Waals surface area contributed by atoms with Crippen molar-refractivity contribution in [2.24, 2.45) is 31.8 Å². The van der Waals surface area contributed by atoms with Crippen LogP contribution in [0.3, 0.4) is 0 Å². The summed E-state index contributed by atoms with van der Waals surface area (Å²) < 4.78 is 0. The van der Waals surface area contributed by atoms with Gasteiger partial charge in [0.2, 0.25) is 0 Å². The number of rotatable bonds is 4. The van der Waals surface area contributed by atoms with Gasteiger partial charge < -0.3 is 37.2 Å². The Hall–Kier alpha value is -1.76. The molecule has 0 saturated heterocycles. The first-order valence-electron chi connectivity index (χ1n) is 12.9. The molecule has 2 saturated carbocycles. The van der Waals surface area contributed by atoms with Crippen molar-refractivity contribution in [2.45, 2.75) is 63.5 Å². The third-order valence-electron chi connectivity index (χ3n) is 8.03. The standard InChI is InChI=1S/C29H29N5.3ClH.V/c1-2-7-18(6-1)20-12-14-22-26(16-20)33-28(31-22)24-10-5-11-25(30-24)29-32-23-15-13-21(17-27(23)34-29)19-8-3-4-9-19;;;;/h5,10-19,22-23H,1-4,6-9H2;3*1H;/p-3. The average molecular weight is 605 g/mol. The normalized spacial score (nSPS) is 25.3. The van der Waals surface area contributed by atoms with E-state index in [-0.39, 0.29) is 67.9 Å². The van der Waals surface area contributed by atoms with Crippen LogP contribution < -0.4 is 37.2 Å². The molecule has 2 aliphatic heterocycles. The van der Waals surface area contributed by atoms with Crippen molar-refractivity contribution in [1.29, 1.82) is 0 Å². The molecule has 0 N–H and O–H groups in total. The first-order valence-corrected chi connectivity index (χ1v) is 12.9. The molecule has 6 aliphatic rings. The van der Waals surface area contributed by atoms with E-state index in [0.717, 1.165) is 22.8 Å². The minimum absolute atomic E-state index is 0. The minimum Gasteiger partial charge on any atom is -1.00 e. The zero-order valence-electron chi connectivity index (χ0n) is 21.0. The number of fused-ring (bicyclic) bond motifs is 2. The van der Waals surface area contributed by atoms with Crippen LogP contribution in [-0.4, -0.2) is 40.2 Å². The maximum absolute atomic E-state index is 4.88. The molecular formula is C29H29Cl3N5V-3. The van der Waals surface area contributed by atoms with Gasteiger partial charge in [0.1, 0.15) is 23.5 Å². The van der Waals surface area contributed by atoms with Gasteiger partial charge in [0.25, 0.3) is 0 Å². The van der Waals surface area contributed by atoms with E-state index >= 15 is 0 Å². The molecule has 2 fully saturated rings. The van der Waals surface area contributed by atoms with Crippen molar-refractivity contribution in [3.8, 4) is 0 Å².